The van der Waals surface area contributed by atoms with Crippen LogP contribution in [0.15, 0.2) is 18.5 Å². The number of methoxy groups -OCH3 is 1. The third kappa shape index (κ3) is 3.39. The lowest BCUT2D eigenvalue weighted by molar-refractivity contribution is -0.139. The second-order valence-electron chi connectivity index (χ2n) is 2.71. The molecule has 6 heteroatoms. The zero-order valence-electron chi connectivity index (χ0n) is 8.04. The average molecular weight is 221 g/mol. The van der Waals surface area contributed by atoms with Gasteiger partial charge in [0.2, 0.25) is 0 Å². The van der Waals surface area contributed by atoms with E-state index in [0.717, 1.165) is 18.5 Å². The number of alkyl halides is 3. The first-order valence-corrected chi connectivity index (χ1v) is 4.18. The van der Waals surface area contributed by atoms with Gasteiger partial charge in [0.05, 0.1) is 12.8 Å². The number of rotatable bonds is 4. The number of halogens is 3. The van der Waals surface area contributed by atoms with E-state index >= 15 is 0 Å². The molecule has 0 aromatic carbocycles. The zero-order chi connectivity index (χ0) is 11.3. The maximum atomic E-state index is 12.4. The van der Waals surface area contributed by atoms with Crippen LogP contribution < -0.4 is 4.74 Å². The Hall–Kier alpha value is -1.30. The van der Waals surface area contributed by atoms with Crippen LogP contribution in [-0.2, 0) is 10.9 Å². The Morgan fingerprint density at radius 3 is 2.67 bits per heavy atom. The molecule has 15 heavy (non-hydrogen) atoms. The molecule has 0 fully saturated rings. The van der Waals surface area contributed by atoms with Gasteiger partial charge in [0.25, 0.3) is 0 Å². The van der Waals surface area contributed by atoms with Crippen molar-refractivity contribution in [1.82, 2.24) is 4.98 Å². The molecule has 0 amide bonds. The van der Waals surface area contributed by atoms with Gasteiger partial charge in [-0.1, -0.05) is 0 Å². The van der Waals surface area contributed by atoms with Crippen LogP contribution in [0.25, 0.3) is 0 Å². The highest BCUT2D eigenvalue weighted by atomic mass is 19.4. The van der Waals surface area contributed by atoms with E-state index in [4.69, 9.17) is 4.74 Å². The van der Waals surface area contributed by atoms with Gasteiger partial charge in [-0.25, -0.2) is 0 Å². The highest BCUT2D eigenvalue weighted by Crippen LogP contribution is 2.35. The van der Waals surface area contributed by atoms with Crippen LogP contribution in [0.5, 0.6) is 5.75 Å². The van der Waals surface area contributed by atoms with Crippen molar-refractivity contribution < 1.29 is 22.6 Å². The fourth-order valence-electron chi connectivity index (χ4n) is 0.964. The molecule has 1 aromatic heterocycles. The van der Waals surface area contributed by atoms with Crippen molar-refractivity contribution in [3.05, 3.63) is 24.0 Å². The molecule has 0 N–H and O–H groups in total. The summed E-state index contributed by atoms with van der Waals surface area (Å²) in [6.07, 6.45) is -2.31. The molecule has 84 valence electrons. The predicted molar refractivity (Wildman–Crippen MR) is 46.6 cm³/mol. The van der Waals surface area contributed by atoms with Crippen molar-refractivity contribution in [2.24, 2.45) is 0 Å². The summed E-state index contributed by atoms with van der Waals surface area (Å²) < 4.78 is 46.8. The summed E-state index contributed by atoms with van der Waals surface area (Å²) in [5, 5.41) is 0. The molecule has 0 unspecified atom stereocenters. The molecule has 0 saturated carbocycles. The summed E-state index contributed by atoms with van der Waals surface area (Å²) >= 11 is 0. The molecule has 0 radical (unpaired) electrons. The van der Waals surface area contributed by atoms with Crippen LogP contribution in [0.3, 0.4) is 0 Å². The Morgan fingerprint density at radius 1 is 1.33 bits per heavy atom. The van der Waals surface area contributed by atoms with Gasteiger partial charge < -0.3 is 9.47 Å². The Labute approximate surface area is 84.8 Å². The second kappa shape index (κ2) is 4.97. The molecule has 1 aromatic rings. The summed E-state index contributed by atoms with van der Waals surface area (Å²) in [5.74, 6) is -0.276. The Balaban J connectivity index is 2.78. The summed E-state index contributed by atoms with van der Waals surface area (Å²) in [5.41, 5.74) is -0.825. The zero-order valence-corrected chi connectivity index (χ0v) is 8.04. The molecule has 0 aliphatic carbocycles. The van der Waals surface area contributed by atoms with Crippen LogP contribution in [0, 0.1) is 0 Å². The fraction of sp³-hybridized carbons (Fsp3) is 0.444. The molecule has 0 aliphatic rings. The number of nitrogens with zero attached hydrogens (tertiary/aromatic N) is 1. The highest BCUT2D eigenvalue weighted by molar-refractivity contribution is 5.32. The first-order valence-electron chi connectivity index (χ1n) is 4.18. The summed E-state index contributed by atoms with van der Waals surface area (Å²) in [6, 6.07) is 0.877. The van der Waals surface area contributed by atoms with Crippen LogP contribution in [0.2, 0.25) is 0 Å². The van der Waals surface area contributed by atoms with Crippen LogP contribution in [-0.4, -0.2) is 25.3 Å². The van der Waals surface area contributed by atoms with Gasteiger partial charge in [0, 0.05) is 13.3 Å². The molecular weight excluding hydrogens is 211 g/mol. The quantitative estimate of drug-likeness (QED) is 0.730. The topological polar surface area (TPSA) is 31.4 Å². The number of ether oxygens (including phenoxy) is 2. The van der Waals surface area contributed by atoms with E-state index in [0.29, 0.717) is 0 Å². The molecule has 0 bridgehead atoms. The lowest BCUT2D eigenvalue weighted by Gasteiger charge is -2.12. The standard InChI is InChI=1S/C9H10F3NO2/c1-14-4-5-15-8-6-13-3-2-7(8)9(10,11)12/h2-3,6H,4-5H2,1H3. The number of aromatic nitrogens is 1. The van der Waals surface area contributed by atoms with Gasteiger partial charge in [-0.15, -0.1) is 0 Å². The molecule has 1 rings (SSSR count). The van der Waals surface area contributed by atoms with Crippen LogP contribution in [0.4, 0.5) is 13.2 Å². The van der Waals surface area contributed by atoms with Crippen molar-refractivity contribution in [2.45, 2.75) is 6.18 Å². The van der Waals surface area contributed by atoms with E-state index in [1.807, 2.05) is 0 Å². The monoisotopic (exact) mass is 221 g/mol. The smallest absolute Gasteiger partial charge is 0.420 e. The lowest BCUT2D eigenvalue weighted by Crippen LogP contribution is -2.11. The molecule has 0 saturated heterocycles. The molecular formula is C9H10F3NO2. The van der Waals surface area contributed by atoms with Crippen molar-refractivity contribution in [1.29, 1.82) is 0 Å². The Kier molecular flexibility index (Phi) is 3.90. The third-order valence-corrected chi connectivity index (χ3v) is 1.63. The highest BCUT2D eigenvalue weighted by Gasteiger charge is 2.34. The van der Waals surface area contributed by atoms with Gasteiger partial charge in [-0.05, 0) is 6.07 Å². The molecule has 0 aliphatic heterocycles. The van der Waals surface area contributed by atoms with Crippen molar-refractivity contribution >= 4 is 0 Å². The largest absolute Gasteiger partial charge is 0.489 e. The summed E-state index contributed by atoms with van der Waals surface area (Å²) in [6.45, 7) is 0.289. The SMILES string of the molecule is COCCOc1cnccc1C(F)(F)F. The van der Waals surface area contributed by atoms with Crippen LogP contribution >= 0.6 is 0 Å². The van der Waals surface area contributed by atoms with Gasteiger partial charge in [-0.3, -0.25) is 4.98 Å². The number of hydrogen-bond donors (Lipinski definition) is 0. The minimum atomic E-state index is -4.43. The second-order valence-corrected chi connectivity index (χ2v) is 2.71. The first kappa shape index (κ1) is 11.8. The van der Waals surface area contributed by atoms with Crippen molar-refractivity contribution in [3.8, 4) is 5.75 Å². The van der Waals surface area contributed by atoms with Crippen molar-refractivity contribution in [2.75, 3.05) is 20.3 Å². The maximum Gasteiger partial charge on any atom is 0.420 e. The fourth-order valence-corrected chi connectivity index (χ4v) is 0.964. The molecule has 3 nitrogen and oxygen atoms in total. The first-order chi connectivity index (χ1) is 7.05. The number of hydrogen-bond acceptors (Lipinski definition) is 3. The van der Waals surface area contributed by atoms with E-state index < -0.39 is 11.7 Å². The summed E-state index contributed by atoms with van der Waals surface area (Å²) in [4.78, 5) is 3.57. The van der Waals surface area contributed by atoms with Gasteiger partial charge >= 0.3 is 6.18 Å². The van der Waals surface area contributed by atoms with E-state index in [1.165, 1.54) is 7.11 Å². The number of pyridine rings is 1. The van der Waals surface area contributed by atoms with Gasteiger partial charge in [0.15, 0.2) is 0 Å². The Bertz CT molecular complexity index is 314. The molecule has 1 heterocycles. The van der Waals surface area contributed by atoms with E-state index in [2.05, 4.69) is 9.72 Å². The third-order valence-electron chi connectivity index (χ3n) is 1.63. The maximum absolute atomic E-state index is 12.4. The predicted octanol–water partition coefficient (Wildman–Crippen LogP) is 2.13. The van der Waals surface area contributed by atoms with E-state index in [-0.39, 0.29) is 19.0 Å². The van der Waals surface area contributed by atoms with Crippen molar-refractivity contribution in [3.63, 3.8) is 0 Å². The normalized spacial score (nSPS) is 11.5. The minimum absolute atomic E-state index is 0.0608. The summed E-state index contributed by atoms with van der Waals surface area (Å²) in [7, 11) is 1.44. The minimum Gasteiger partial charge on any atom is -0.489 e. The Morgan fingerprint density at radius 2 is 2.07 bits per heavy atom. The molecule has 0 spiro atoms. The van der Waals surface area contributed by atoms with Crippen LogP contribution in [0.1, 0.15) is 5.56 Å². The lowest BCUT2D eigenvalue weighted by atomic mass is 10.2. The molecule has 0 atom stereocenters. The average Bonchev–Trinajstić information content (AvgIpc) is 2.17. The van der Waals surface area contributed by atoms with Gasteiger partial charge in [-0.2, -0.15) is 13.2 Å². The van der Waals surface area contributed by atoms with Gasteiger partial charge in [0.1, 0.15) is 17.9 Å². The van der Waals surface area contributed by atoms with E-state index in [1.54, 1.807) is 0 Å². The van der Waals surface area contributed by atoms with E-state index in [9.17, 15) is 13.2 Å².